The van der Waals surface area contributed by atoms with Gasteiger partial charge in [-0.2, -0.15) is 0 Å². The summed E-state index contributed by atoms with van der Waals surface area (Å²) in [6, 6.07) is 8.81. The van der Waals surface area contributed by atoms with Crippen LogP contribution in [0.2, 0.25) is 0 Å². The van der Waals surface area contributed by atoms with Gasteiger partial charge in [-0.3, -0.25) is 0 Å². The molecule has 2 nitrogen and oxygen atoms in total. The molecule has 0 saturated carbocycles. The molecule has 0 aliphatic heterocycles. The molecule has 0 aromatic heterocycles. The van der Waals surface area contributed by atoms with Crippen LogP contribution < -0.4 is 10.1 Å². The summed E-state index contributed by atoms with van der Waals surface area (Å²) in [4.78, 5) is 0. The van der Waals surface area contributed by atoms with Gasteiger partial charge in [0.05, 0.1) is 6.61 Å². The predicted octanol–water partition coefficient (Wildman–Crippen LogP) is 5.25. The molecule has 1 rings (SSSR count). The Kier molecular flexibility index (Phi) is 8.11. The van der Waals surface area contributed by atoms with Gasteiger partial charge in [-0.05, 0) is 31.9 Å². The van der Waals surface area contributed by atoms with Crippen molar-refractivity contribution in [3.63, 3.8) is 0 Å². The number of anilines is 1. The first kappa shape index (κ1) is 15.9. The van der Waals surface area contributed by atoms with E-state index in [4.69, 9.17) is 4.74 Å². The molecular weight excluding hydrogens is 234 g/mol. The maximum Gasteiger partial charge on any atom is 0.121 e. The van der Waals surface area contributed by atoms with Gasteiger partial charge >= 0.3 is 0 Å². The molecule has 108 valence electrons. The van der Waals surface area contributed by atoms with Gasteiger partial charge in [0, 0.05) is 17.8 Å². The molecular formula is C17H29NO. The van der Waals surface area contributed by atoms with Gasteiger partial charge in [-0.25, -0.2) is 0 Å². The largest absolute Gasteiger partial charge is 0.494 e. The van der Waals surface area contributed by atoms with E-state index in [9.17, 15) is 0 Å². The van der Waals surface area contributed by atoms with E-state index in [-0.39, 0.29) is 0 Å². The topological polar surface area (TPSA) is 21.3 Å². The van der Waals surface area contributed by atoms with Crippen molar-refractivity contribution in [3.8, 4) is 5.75 Å². The van der Waals surface area contributed by atoms with Crippen molar-refractivity contribution < 1.29 is 4.74 Å². The number of ether oxygens (including phenoxy) is 1. The smallest absolute Gasteiger partial charge is 0.121 e. The normalized spacial score (nSPS) is 12.2. The van der Waals surface area contributed by atoms with Crippen LogP contribution >= 0.6 is 0 Å². The van der Waals surface area contributed by atoms with E-state index in [2.05, 4.69) is 44.3 Å². The lowest BCUT2D eigenvalue weighted by Gasteiger charge is -2.16. The first-order valence-electron chi connectivity index (χ1n) is 7.75. The Hall–Kier alpha value is -1.18. The second kappa shape index (κ2) is 9.71. The number of rotatable bonds is 10. The van der Waals surface area contributed by atoms with Crippen molar-refractivity contribution in [2.45, 2.75) is 65.3 Å². The summed E-state index contributed by atoms with van der Waals surface area (Å²) in [6.07, 6.45) is 7.60. The quantitative estimate of drug-likeness (QED) is 0.582. The average Bonchev–Trinajstić information content (AvgIpc) is 2.42. The minimum Gasteiger partial charge on any atom is -0.494 e. The predicted molar refractivity (Wildman–Crippen MR) is 84.1 cm³/mol. The molecule has 0 bridgehead atoms. The number of hydrogen-bond acceptors (Lipinski definition) is 2. The summed E-state index contributed by atoms with van der Waals surface area (Å²) in [7, 11) is 0. The minimum atomic E-state index is 0.526. The fraction of sp³-hybridized carbons (Fsp3) is 0.647. The maximum absolute atomic E-state index is 5.65. The average molecular weight is 263 g/mol. The molecule has 0 saturated heterocycles. The third-order valence-electron chi connectivity index (χ3n) is 3.21. The van der Waals surface area contributed by atoms with E-state index < -0.39 is 0 Å². The Morgan fingerprint density at radius 3 is 2.68 bits per heavy atom. The molecule has 0 aliphatic rings. The second-order valence-corrected chi connectivity index (χ2v) is 5.27. The van der Waals surface area contributed by atoms with Crippen LogP contribution in [-0.4, -0.2) is 12.6 Å². The lowest BCUT2D eigenvalue weighted by Crippen LogP contribution is -2.14. The highest BCUT2D eigenvalue weighted by Gasteiger charge is 2.03. The summed E-state index contributed by atoms with van der Waals surface area (Å²) in [5.41, 5.74) is 1.16. The van der Waals surface area contributed by atoms with E-state index in [1.165, 1.54) is 32.1 Å². The Labute approximate surface area is 118 Å². The van der Waals surface area contributed by atoms with Gasteiger partial charge in [-0.1, -0.05) is 45.6 Å². The number of unbranched alkanes of at least 4 members (excludes halogenated alkanes) is 3. The molecule has 1 unspecified atom stereocenters. The van der Waals surface area contributed by atoms with Crippen molar-refractivity contribution in [2.24, 2.45) is 0 Å². The summed E-state index contributed by atoms with van der Waals surface area (Å²) in [5.74, 6) is 0.963. The molecule has 0 radical (unpaired) electrons. The van der Waals surface area contributed by atoms with Crippen molar-refractivity contribution in [3.05, 3.63) is 24.3 Å². The molecule has 0 heterocycles. The molecule has 1 aromatic rings. The van der Waals surface area contributed by atoms with E-state index in [1.807, 2.05) is 6.07 Å². The number of hydrogen-bond donors (Lipinski definition) is 1. The zero-order valence-electron chi connectivity index (χ0n) is 12.7. The third-order valence-corrected chi connectivity index (χ3v) is 3.21. The first-order chi connectivity index (χ1) is 9.26. The Bertz CT molecular complexity index is 338. The first-order valence-corrected chi connectivity index (χ1v) is 7.75. The zero-order valence-corrected chi connectivity index (χ0v) is 12.7. The van der Waals surface area contributed by atoms with Crippen LogP contribution in [0.15, 0.2) is 24.3 Å². The Balaban J connectivity index is 2.34. The van der Waals surface area contributed by atoms with Crippen LogP contribution in [0.4, 0.5) is 5.69 Å². The number of benzene rings is 1. The van der Waals surface area contributed by atoms with Crippen molar-refractivity contribution in [2.75, 3.05) is 11.9 Å². The Morgan fingerprint density at radius 1 is 1.11 bits per heavy atom. The van der Waals surface area contributed by atoms with Gasteiger partial charge in [-0.15, -0.1) is 0 Å². The van der Waals surface area contributed by atoms with Crippen LogP contribution in [0.25, 0.3) is 0 Å². The van der Waals surface area contributed by atoms with Gasteiger partial charge < -0.3 is 10.1 Å². The molecule has 0 amide bonds. The molecule has 0 aliphatic carbocycles. The molecule has 2 heteroatoms. The molecule has 0 fully saturated rings. The van der Waals surface area contributed by atoms with Crippen LogP contribution in [0.1, 0.15) is 59.3 Å². The van der Waals surface area contributed by atoms with Gasteiger partial charge in [0.2, 0.25) is 0 Å². The molecule has 1 N–H and O–H groups in total. The van der Waals surface area contributed by atoms with E-state index in [0.29, 0.717) is 6.04 Å². The van der Waals surface area contributed by atoms with Crippen molar-refractivity contribution >= 4 is 5.69 Å². The van der Waals surface area contributed by atoms with E-state index in [0.717, 1.165) is 24.5 Å². The third kappa shape index (κ3) is 7.09. The lowest BCUT2D eigenvalue weighted by molar-refractivity contribution is 0.317. The highest BCUT2D eigenvalue weighted by Crippen LogP contribution is 2.19. The maximum atomic E-state index is 5.65. The summed E-state index contributed by atoms with van der Waals surface area (Å²) >= 11 is 0. The van der Waals surface area contributed by atoms with E-state index >= 15 is 0 Å². The van der Waals surface area contributed by atoms with Gasteiger partial charge in [0.25, 0.3) is 0 Å². The van der Waals surface area contributed by atoms with Crippen molar-refractivity contribution in [1.29, 1.82) is 0 Å². The molecule has 1 atom stereocenters. The lowest BCUT2D eigenvalue weighted by atomic mass is 10.1. The van der Waals surface area contributed by atoms with Crippen molar-refractivity contribution in [1.82, 2.24) is 0 Å². The van der Waals surface area contributed by atoms with Crippen LogP contribution in [0, 0.1) is 0 Å². The molecule has 0 spiro atoms. The fourth-order valence-electron chi connectivity index (χ4n) is 2.13. The number of nitrogens with one attached hydrogen (secondary N) is 1. The fourth-order valence-corrected chi connectivity index (χ4v) is 2.13. The summed E-state index contributed by atoms with van der Waals surface area (Å²) in [6.45, 7) is 7.42. The summed E-state index contributed by atoms with van der Waals surface area (Å²) < 4.78 is 5.65. The van der Waals surface area contributed by atoms with Gasteiger partial charge in [0.15, 0.2) is 0 Å². The monoisotopic (exact) mass is 263 g/mol. The zero-order chi connectivity index (χ0) is 13.9. The van der Waals surface area contributed by atoms with Crippen LogP contribution in [0.3, 0.4) is 0 Å². The van der Waals surface area contributed by atoms with Crippen LogP contribution in [-0.2, 0) is 0 Å². The summed E-state index contributed by atoms with van der Waals surface area (Å²) in [5, 5.41) is 3.56. The SMILES string of the molecule is CCCCCCC(C)Nc1cccc(OCCC)c1. The molecule has 1 aromatic carbocycles. The highest BCUT2D eigenvalue weighted by molar-refractivity contribution is 5.48. The van der Waals surface area contributed by atoms with E-state index in [1.54, 1.807) is 0 Å². The Morgan fingerprint density at radius 2 is 1.95 bits per heavy atom. The standard InChI is InChI=1S/C17H29NO/c1-4-6-7-8-10-15(3)18-16-11-9-12-17(14-16)19-13-5-2/h9,11-12,14-15,18H,4-8,10,13H2,1-3H3. The minimum absolute atomic E-state index is 0.526. The molecule has 19 heavy (non-hydrogen) atoms. The van der Waals surface area contributed by atoms with Gasteiger partial charge in [0.1, 0.15) is 5.75 Å². The highest BCUT2D eigenvalue weighted by atomic mass is 16.5. The van der Waals surface area contributed by atoms with Crippen LogP contribution in [0.5, 0.6) is 5.75 Å². The second-order valence-electron chi connectivity index (χ2n) is 5.27.